The average Bonchev–Trinajstić information content (AvgIpc) is 1.85. The van der Waals surface area contributed by atoms with Crippen molar-refractivity contribution in [2.75, 3.05) is 0 Å². The molecule has 0 fully saturated rings. The number of benzene rings is 1. The Morgan fingerprint density at radius 2 is 2.27 bits per heavy atom. The van der Waals surface area contributed by atoms with Crippen LogP contribution in [0.15, 0.2) is 24.3 Å². The normalized spacial score (nSPS) is 12.5. The van der Waals surface area contributed by atoms with Crippen LogP contribution in [-0.2, 0) is 4.57 Å². The third-order valence-corrected chi connectivity index (χ3v) is 1.41. The Bertz CT molecular complexity index is 276. The summed E-state index contributed by atoms with van der Waals surface area (Å²) in [5, 5.41) is 0. The molecule has 0 spiro atoms. The fourth-order valence-electron chi connectivity index (χ4n) is 0.631. The van der Waals surface area contributed by atoms with Crippen LogP contribution in [0.1, 0.15) is 0 Å². The van der Waals surface area contributed by atoms with Crippen LogP contribution in [0.25, 0.3) is 0 Å². The van der Waals surface area contributed by atoms with Gasteiger partial charge in [0.15, 0.2) is 0 Å². The van der Waals surface area contributed by atoms with Gasteiger partial charge in [0.2, 0.25) is 0 Å². The third kappa shape index (κ3) is 2.70. The second-order valence-corrected chi connectivity index (χ2v) is 2.56. The molecule has 1 rings (SSSR count). The fourth-order valence-corrected chi connectivity index (χ4v) is 0.960. The molecule has 60 valence electrons. The number of halogens is 1. The van der Waals surface area contributed by atoms with Gasteiger partial charge in [0.25, 0.3) is 0 Å². The van der Waals surface area contributed by atoms with Crippen molar-refractivity contribution in [3.8, 4) is 5.75 Å². The Labute approximate surface area is 63.4 Å². The summed E-state index contributed by atoms with van der Waals surface area (Å²) in [4.78, 5) is 8.30. The van der Waals surface area contributed by atoms with Crippen LogP contribution in [0.5, 0.6) is 5.75 Å². The molecular formula is C6H6FO3P. The van der Waals surface area contributed by atoms with Crippen molar-refractivity contribution < 1.29 is 18.4 Å². The summed E-state index contributed by atoms with van der Waals surface area (Å²) in [6.07, 6.45) is 0. The molecule has 11 heavy (non-hydrogen) atoms. The molecule has 0 aliphatic heterocycles. The Balaban J connectivity index is 2.79. The van der Waals surface area contributed by atoms with Crippen molar-refractivity contribution in [1.29, 1.82) is 0 Å². The Kier molecular flexibility index (Phi) is 2.63. The minimum absolute atomic E-state index is 0.0661. The van der Waals surface area contributed by atoms with Crippen molar-refractivity contribution in [2.24, 2.45) is 0 Å². The van der Waals surface area contributed by atoms with Gasteiger partial charge in [-0.05, 0) is 12.1 Å². The molecule has 1 atom stereocenters. The van der Waals surface area contributed by atoms with Gasteiger partial charge in [-0.2, -0.15) is 0 Å². The maximum absolute atomic E-state index is 12.4. The van der Waals surface area contributed by atoms with E-state index in [1.807, 2.05) is 0 Å². The first-order valence-electron chi connectivity index (χ1n) is 2.85. The maximum Gasteiger partial charge on any atom is 0.365 e. The summed E-state index contributed by atoms with van der Waals surface area (Å²) in [6, 6.07) is 5.07. The molecule has 5 heteroatoms. The second kappa shape index (κ2) is 3.51. The monoisotopic (exact) mass is 176 g/mol. The minimum Gasteiger partial charge on any atom is -0.426 e. The summed E-state index contributed by atoms with van der Waals surface area (Å²) in [6.45, 7) is 0. The molecule has 0 aliphatic rings. The zero-order valence-electron chi connectivity index (χ0n) is 5.45. The van der Waals surface area contributed by atoms with E-state index in [1.165, 1.54) is 18.2 Å². The van der Waals surface area contributed by atoms with Crippen LogP contribution in [0.2, 0.25) is 0 Å². The summed E-state index contributed by atoms with van der Waals surface area (Å²) < 4.78 is 26.8. The van der Waals surface area contributed by atoms with Crippen LogP contribution in [0.3, 0.4) is 0 Å². The minimum atomic E-state index is -3.02. The summed E-state index contributed by atoms with van der Waals surface area (Å²) in [5.74, 6) is -0.429. The van der Waals surface area contributed by atoms with Crippen LogP contribution >= 0.6 is 8.25 Å². The van der Waals surface area contributed by atoms with Gasteiger partial charge in [0.05, 0.1) is 0 Å². The van der Waals surface area contributed by atoms with Crippen LogP contribution in [0, 0.1) is 5.82 Å². The molecule has 1 aromatic rings. The number of hydrogen-bond acceptors (Lipinski definition) is 2. The van der Waals surface area contributed by atoms with Gasteiger partial charge < -0.3 is 9.42 Å². The fraction of sp³-hybridized carbons (Fsp3) is 0. The van der Waals surface area contributed by atoms with E-state index in [-0.39, 0.29) is 5.75 Å². The lowest BCUT2D eigenvalue weighted by Gasteiger charge is -1.99. The highest BCUT2D eigenvalue weighted by Gasteiger charge is 1.97. The molecule has 3 nitrogen and oxygen atoms in total. The van der Waals surface area contributed by atoms with Gasteiger partial charge in [-0.15, -0.1) is 0 Å². The van der Waals surface area contributed by atoms with Gasteiger partial charge in [-0.25, -0.2) is 8.96 Å². The van der Waals surface area contributed by atoms with E-state index < -0.39 is 14.1 Å². The predicted molar refractivity (Wildman–Crippen MR) is 38.2 cm³/mol. The quantitative estimate of drug-likeness (QED) is 0.696. The molecule has 0 aliphatic carbocycles. The van der Waals surface area contributed by atoms with Crippen LogP contribution in [0.4, 0.5) is 4.39 Å². The van der Waals surface area contributed by atoms with Crippen molar-refractivity contribution >= 4 is 8.25 Å². The molecule has 0 radical (unpaired) electrons. The van der Waals surface area contributed by atoms with Gasteiger partial charge in [-0.1, -0.05) is 6.07 Å². The highest BCUT2D eigenvalue weighted by molar-refractivity contribution is 7.32. The third-order valence-electron chi connectivity index (χ3n) is 1.00. The molecule has 0 saturated heterocycles. The van der Waals surface area contributed by atoms with Gasteiger partial charge in [0.1, 0.15) is 11.6 Å². The first-order chi connectivity index (χ1) is 5.18. The zero-order valence-corrected chi connectivity index (χ0v) is 6.45. The Hall–Kier alpha value is -0.860. The Morgan fingerprint density at radius 3 is 2.82 bits per heavy atom. The Morgan fingerprint density at radius 1 is 1.55 bits per heavy atom. The summed E-state index contributed by atoms with van der Waals surface area (Å²) >= 11 is 0. The largest absolute Gasteiger partial charge is 0.426 e. The standard InChI is InChI=1S/C6H6FO3P/c7-5-2-1-3-6(4-5)10-11(8)9/h1-4,11H,(H,8,9). The molecule has 1 N–H and O–H groups in total. The topological polar surface area (TPSA) is 46.5 Å². The van der Waals surface area contributed by atoms with E-state index in [0.29, 0.717) is 0 Å². The highest BCUT2D eigenvalue weighted by Crippen LogP contribution is 2.22. The van der Waals surface area contributed by atoms with Crippen molar-refractivity contribution in [1.82, 2.24) is 0 Å². The first kappa shape index (κ1) is 8.24. The molecule has 1 aromatic carbocycles. The van der Waals surface area contributed by atoms with E-state index in [0.717, 1.165) is 6.07 Å². The van der Waals surface area contributed by atoms with Gasteiger partial charge >= 0.3 is 8.25 Å². The number of hydrogen-bond donors (Lipinski definition) is 1. The van der Waals surface area contributed by atoms with E-state index in [4.69, 9.17) is 4.89 Å². The van der Waals surface area contributed by atoms with E-state index in [1.54, 1.807) is 0 Å². The average molecular weight is 176 g/mol. The zero-order chi connectivity index (χ0) is 8.27. The number of rotatable bonds is 2. The summed E-state index contributed by atoms with van der Waals surface area (Å²) in [7, 11) is -3.02. The van der Waals surface area contributed by atoms with E-state index >= 15 is 0 Å². The van der Waals surface area contributed by atoms with Crippen LogP contribution in [-0.4, -0.2) is 4.89 Å². The van der Waals surface area contributed by atoms with E-state index in [2.05, 4.69) is 4.52 Å². The molecule has 0 aromatic heterocycles. The predicted octanol–water partition coefficient (Wildman–Crippen LogP) is 1.59. The molecule has 1 unspecified atom stereocenters. The second-order valence-electron chi connectivity index (χ2n) is 1.83. The van der Waals surface area contributed by atoms with Crippen molar-refractivity contribution in [2.45, 2.75) is 0 Å². The van der Waals surface area contributed by atoms with Crippen LogP contribution < -0.4 is 4.52 Å². The molecule has 0 saturated carbocycles. The molecule has 0 heterocycles. The van der Waals surface area contributed by atoms with E-state index in [9.17, 15) is 8.96 Å². The lowest BCUT2D eigenvalue weighted by atomic mass is 10.3. The SMILES string of the molecule is O=[PH](O)Oc1cccc(F)c1. The van der Waals surface area contributed by atoms with Gasteiger partial charge in [-0.3, -0.25) is 0 Å². The van der Waals surface area contributed by atoms with Crippen molar-refractivity contribution in [3.63, 3.8) is 0 Å². The van der Waals surface area contributed by atoms with Gasteiger partial charge in [0, 0.05) is 6.07 Å². The lowest BCUT2D eigenvalue weighted by molar-refractivity contribution is 0.409. The lowest BCUT2D eigenvalue weighted by Crippen LogP contribution is -1.80. The van der Waals surface area contributed by atoms with Crippen molar-refractivity contribution in [3.05, 3.63) is 30.1 Å². The summed E-state index contributed by atoms with van der Waals surface area (Å²) in [5.41, 5.74) is 0. The molecular weight excluding hydrogens is 170 g/mol. The first-order valence-corrected chi connectivity index (χ1v) is 4.11. The smallest absolute Gasteiger partial charge is 0.365 e. The highest BCUT2D eigenvalue weighted by atomic mass is 31.1. The molecule has 0 bridgehead atoms. The maximum atomic E-state index is 12.4. The molecule has 0 amide bonds.